The third kappa shape index (κ3) is 3.79. The van der Waals surface area contributed by atoms with Crippen molar-refractivity contribution in [3.05, 3.63) is 51.5 Å². The van der Waals surface area contributed by atoms with Gasteiger partial charge in [0.25, 0.3) is 0 Å². The Morgan fingerprint density at radius 2 is 2.10 bits per heavy atom. The van der Waals surface area contributed by atoms with Gasteiger partial charge in [0.1, 0.15) is 17.6 Å². The molecular weight excluding hydrogens is 406 g/mol. The van der Waals surface area contributed by atoms with Gasteiger partial charge in [-0.3, -0.25) is 9.59 Å². The van der Waals surface area contributed by atoms with Crippen molar-refractivity contribution >= 4 is 39.4 Å². The van der Waals surface area contributed by atoms with Gasteiger partial charge in [-0.25, -0.2) is 0 Å². The molecule has 5 nitrogen and oxygen atoms in total. The van der Waals surface area contributed by atoms with E-state index in [9.17, 15) is 14.9 Å². The minimum atomic E-state index is -0.191. The van der Waals surface area contributed by atoms with Gasteiger partial charge in [0.2, 0.25) is 5.91 Å². The zero-order chi connectivity index (χ0) is 22.3. The normalized spacial score (nSPS) is 16.0. The van der Waals surface area contributed by atoms with Gasteiger partial charge in [-0.1, -0.05) is 39.0 Å². The summed E-state index contributed by atoms with van der Waals surface area (Å²) in [6.07, 6.45) is 3.76. The Hall–Kier alpha value is -2.91. The van der Waals surface area contributed by atoms with Gasteiger partial charge in [0, 0.05) is 27.0 Å². The molecule has 1 atom stereocenters. The number of thiophene rings is 1. The SMILES string of the molecule is Cc1c(C=O)c2ccccc2n1CC(=O)Nc1sc2c(c1C#N)CCC(C(C)(C)C)C2. The Kier molecular flexibility index (Phi) is 5.49. The Bertz CT molecular complexity index is 1220. The summed E-state index contributed by atoms with van der Waals surface area (Å²) in [5.41, 5.74) is 4.18. The molecule has 0 radical (unpaired) electrons. The monoisotopic (exact) mass is 433 g/mol. The zero-order valence-corrected chi connectivity index (χ0v) is 19.2. The fourth-order valence-corrected chi connectivity index (χ4v) is 5.95. The van der Waals surface area contributed by atoms with E-state index in [4.69, 9.17) is 0 Å². The minimum absolute atomic E-state index is 0.0955. The maximum Gasteiger partial charge on any atom is 0.244 e. The predicted molar refractivity (Wildman–Crippen MR) is 125 cm³/mol. The number of carbonyl (C=O) groups excluding carboxylic acids is 2. The number of amides is 1. The van der Waals surface area contributed by atoms with E-state index in [-0.39, 0.29) is 17.9 Å². The van der Waals surface area contributed by atoms with E-state index >= 15 is 0 Å². The highest BCUT2D eigenvalue weighted by atomic mass is 32.1. The summed E-state index contributed by atoms with van der Waals surface area (Å²) in [5, 5.41) is 14.3. The van der Waals surface area contributed by atoms with Crippen LogP contribution in [0.25, 0.3) is 10.9 Å². The van der Waals surface area contributed by atoms with Crippen LogP contribution < -0.4 is 5.32 Å². The van der Waals surface area contributed by atoms with Gasteiger partial charge in [-0.15, -0.1) is 11.3 Å². The van der Waals surface area contributed by atoms with Gasteiger partial charge >= 0.3 is 0 Å². The molecule has 1 amide bonds. The van der Waals surface area contributed by atoms with E-state index in [1.807, 2.05) is 35.8 Å². The van der Waals surface area contributed by atoms with Crippen LogP contribution in [0.2, 0.25) is 0 Å². The molecule has 0 aliphatic heterocycles. The summed E-state index contributed by atoms with van der Waals surface area (Å²) >= 11 is 1.54. The number of nitrogens with zero attached hydrogens (tertiary/aromatic N) is 2. The van der Waals surface area contributed by atoms with Crippen LogP contribution in [0.1, 0.15) is 59.2 Å². The number of anilines is 1. The summed E-state index contributed by atoms with van der Waals surface area (Å²) in [6.45, 7) is 8.75. The molecule has 1 N–H and O–H groups in total. The molecule has 31 heavy (non-hydrogen) atoms. The number of aldehydes is 1. The van der Waals surface area contributed by atoms with Crippen LogP contribution in [0.15, 0.2) is 24.3 Å². The summed E-state index contributed by atoms with van der Waals surface area (Å²) in [4.78, 5) is 25.8. The first kappa shape index (κ1) is 21.3. The van der Waals surface area contributed by atoms with Gasteiger partial charge in [-0.05, 0) is 49.1 Å². The Balaban J connectivity index is 1.60. The fraction of sp³-hybridized carbons (Fsp3) is 0.400. The second-order valence-corrected chi connectivity index (χ2v) is 10.5. The van der Waals surface area contributed by atoms with Crippen LogP contribution in [0.5, 0.6) is 0 Å². The Labute approximate surface area is 186 Å². The van der Waals surface area contributed by atoms with E-state index in [1.54, 1.807) is 11.3 Å². The molecule has 2 heterocycles. The highest BCUT2D eigenvalue weighted by Gasteiger charge is 2.32. The molecule has 0 fully saturated rings. The summed E-state index contributed by atoms with van der Waals surface area (Å²) in [7, 11) is 0. The summed E-state index contributed by atoms with van der Waals surface area (Å²) in [6, 6.07) is 9.92. The number of benzene rings is 1. The average Bonchev–Trinajstić information content (AvgIpc) is 3.20. The molecule has 1 unspecified atom stereocenters. The lowest BCUT2D eigenvalue weighted by molar-refractivity contribution is -0.116. The number of fused-ring (bicyclic) bond motifs is 2. The molecule has 0 saturated heterocycles. The molecule has 4 rings (SSSR count). The van der Waals surface area contributed by atoms with Crippen molar-refractivity contribution in [2.75, 3.05) is 5.32 Å². The minimum Gasteiger partial charge on any atom is -0.335 e. The summed E-state index contributed by atoms with van der Waals surface area (Å²) in [5.74, 6) is 0.383. The lowest BCUT2D eigenvalue weighted by Crippen LogP contribution is -2.26. The van der Waals surface area contributed by atoms with Crippen molar-refractivity contribution in [3.8, 4) is 6.07 Å². The average molecular weight is 434 g/mol. The van der Waals surface area contributed by atoms with Crippen molar-refractivity contribution in [2.45, 2.75) is 53.5 Å². The topological polar surface area (TPSA) is 74.9 Å². The first-order valence-electron chi connectivity index (χ1n) is 10.6. The molecule has 3 aromatic rings. The third-order valence-electron chi connectivity index (χ3n) is 6.55. The molecule has 0 bridgehead atoms. The number of nitrogens with one attached hydrogen (secondary N) is 1. The van der Waals surface area contributed by atoms with E-state index in [0.29, 0.717) is 22.0 Å². The van der Waals surface area contributed by atoms with Gasteiger partial charge < -0.3 is 9.88 Å². The van der Waals surface area contributed by atoms with Crippen LogP contribution in [-0.4, -0.2) is 16.8 Å². The Morgan fingerprint density at radius 1 is 1.35 bits per heavy atom. The van der Waals surface area contributed by atoms with Crippen LogP contribution in [0.3, 0.4) is 0 Å². The number of hydrogen-bond donors (Lipinski definition) is 1. The maximum absolute atomic E-state index is 13.0. The van der Waals surface area contributed by atoms with Crippen LogP contribution >= 0.6 is 11.3 Å². The molecule has 2 aromatic heterocycles. The first-order valence-corrected chi connectivity index (χ1v) is 11.4. The van der Waals surface area contributed by atoms with E-state index in [1.165, 1.54) is 4.88 Å². The fourth-order valence-electron chi connectivity index (χ4n) is 4.65. The molecule has 0 spiro atoms. The highest BCUT2D eigenvalue weighted by molar-refractivity contribution is 7.16. The second kappa shape index (κ2) is 7.97. The van der Waals surface area contributed by atoms with Crippen LogP contribution in [-0.2, 0) is 24.2 Å². The van der Waals surface area contributed by atoms with Crippen molar-refractivity contribution in [1.82, 2.24) is 4.57 Å². The van der Waals surface area contributed by atoms with Crippen LogP contribution in [0.4, 0.5) is 5.00 Å². The highest BCUT2D eigenvalue weighted by Crippen LogP contribution is 2.44. The smallest absolute Gasteiger partial charge is 0.244 e. The van der Waals surface area contributed by atoms with E-state index in [2.05, 4.69) is 32.2 Å². The van der Waals surface area contributed by atoms with Crippen molar-refractivity contribution < 1.29 is 9.59 Å². The van der Waals surface area contributed by atoms with Crippen molar-refractivity contribution in [2.24, 2.45) is 11.3 Å². The van der Waals surface area contributed by atoms with E-state index in [0.717, 1.165) is 47.7 Å². The zero-order valence-electron chi connectivity index (χ0n) is 18.4. The molecule has 6 heteroatoms. The standard InChI is InChI=1S/C25H27N3O2S/c1-15-20(14-29)17-7-5-6-8-21(17)28(15)13-23(30)27-24-19(12-26)18-10-9-16(25(2,3)4)11-22(18)31-24/h5-8,14,16H,9-11,13H2,1-4H3,(H,27,30). The number of rotatable bonds is 4. The number of aromatic nitrogens is 1. The molecule has 0 saturated carbocycles. The third-order valence-corrected chi connectivity index (χ3v) is 7.72. The van der Waals surface area contributed by atoms with Gasteiger partial charge in [-0.2, -0.15) is 5.26 Å². The second-order valence-electron chi connectivity index (χ2n) is 9.39. The number of nitriles is 1. The number of carbonyl (C=O) groups is 2. The Morgan fingerprint density at radius 3 is 2.77 bits per heavy atom. The molecular formula is C25H27N3O2S. The first-order chi connectivity index (χ1) is 14.7. The van der Waals surface area contributed by atoms with Gasteiger partial charge in [0.15, 0.2) is 6.29 Å². The molecule has 1 aromatic carbocycles. The van der Waals surface area contributed by atoms with Crippen molar-refractivity contribution in [1.29, 1.82) is 5.26 Å². The van der Waals surface area contributed by atoms with Crippen molar-refractivity contribution in [3.63, 3.8) is 0 Å². The lowest BCUT2D eigenvalue weighted by atomic mass is 9.72. The lowest BCUT2D eigenvalue weighted by Gasteiger charge is -2.33. The van der Waals surface area contributed by atoms with Crippen LogP contribution in [0, 0.1) is 29.6 Å². The quantitative estimate of drug-likeness (QED) is 0.553. The molecule has 160 valence electrons. The molecule has 1 aliphatic rings. The van der Waals surface area contributed by atoms with E-state index < -0.39 is 0 Å². The number of para-hydroxylation sites is 1. The largest absolute Gasteiger partial charge is 0.335 e. The van der Waals surface area contributed by atoms with Gasteiger partial charge in [0.05, 0.1) is 5.56 Å². The predicted octanol–water partition coefficient (Wildman–Crippen LogP) is 5.49. The summed E-state index contributed by atoms with van der Waals surface area (Å²) < 4.78 is 1.86. The molecule has 1 aliphatic carbocycles. The maximum atomic E-state index is 13.0. The number of hydrogen-bond acceptors (Lipinski definition) is 4.